The van der Waals surface area contributed by atoms with Gasteiger partial charge in [0, 0.05) is 0 Å². The molecule has 0 spiro atoms. The van der Waals surface area contributed by atoms with Gasteiger partial charge in [-0.3, -0.25) is 0 Å². The average molecular weight is 230 g/mol. The molecule has 1 aromatic carbocycles. The van der Waals surface area contributed by atoms with E-state index in [0.717, 1.165) is 0 Å². The van der Waals surface area contributed by atoms with Crippen molar-refractivity contribution in [1.29, 1.82) is 0 Å². The molecule has 0 aliphatic carbocycles. The lowest BCUT2D eigenvalue weighted by atomic mass is 10.2. The van der Waals surface area contributed by atoms with Crippen molar-refractivity contribution in [2.24, 2.45) is 0 Å². The van der Waals surface area contributed by atoms with Crippen molar-refractivity contribution in [3.8, 4) is 17.1 Å². The summed E-state index contributed by atoms with van der Waals surface area (Å²) in [6.45, 7) is 0. The van der Waals surface area contributed by atoms with E-state index in [1.54, 1.807) is 6.07 Å². The van der Waals surface area contributed by atoms with Crippen molar-refractivity contribution in [3.05, 3.63) is 30.2 Å². The second kappa shape index (κ2) is 3.51. The summed E-state index contributed by atoms with van der Waals surface area (Å²) in [6, 6.07) is 5.78. The molecule has 0 amide bonds. The number of para-hydroxylation sites is 1. The van der Waals surface area contributed by atoms with E-state index in [1.807, 2.05) is 0 Å². The number of nitrogens with zero attached hydrogens (tertiary/aromatic N) is 2. The van der Waals surface area contributed by atoms with Gasteiger partial charge in [-0.05, 0) is 12.1 Å². The van der Waals surface area contributed by atoms with E-state index in [1.165, 1.54) is 18.2 Å². The highest BCUT2D eigenvalue weighted by Crippen LogP contribution is 2.31. The highest BCUT2D eigenvalue weighted by atomic mass is 19.4. The molecule has 2 rings (SSSR count). The van der Waals surface area contributed by atoms with Gasteiger partial charge < -0.3 is 9.63 Å². The number of halogens is 3. The quantitative estimate of drug-likeness (QED) is 0.817. The van der Waals surface area contributed by atoms with Gasteiger partial charge in [0.1, 0.15) is 5.75 Å². The molecule has 4 nitrogen and oxygen atoms in total. The monoisotopic (exact) mass is 230 g/mol. The summed E-state index contributed by atoms with van der Waals surface area (Å²) >= 11 is 0. The van der Waals surface area contributed by atoms with Crippen LogP contribution in [0.1, 0.15) is 5.89 Å². The Kier molecular flexibility index (Phi) is 2.30. The third kappa shape index (κ3) is 1.83. The number of alkyl halides is 3. The lowest BCUT2D eigenvalue weighted by Gasteiger charge is -1.97. The van der Waals surface area contributed by atoms with Crippen LogP contribution in [0.2, 0.25) is 0 Å². The first-order valence-electron chi connectivity index (χ1n) is 4.18. The van der Waals surface area contributed by atoms with Crippen molar-refractivity contribution in [2.45, 2.75) is 6.18 Å². The maximum Gasteiger partial charge on any atom is 0.471 e. The van der Waals surface area contributed by atoms with Gasteiger partial charge in [0.25, 0.3) is 0 Å². The molecule has 0 radical (unpaired) electrons. The van der Waals surface area contributed by atoms with E-state index in [2.05, 4.69) is 14.7 Å². The molecule has 2 aromatic rings. The molecule has 0 aliphatic rings. The number of benzene rings is 1. The van der Waals surface area contributed by atoms with Crippen LogP contribution in [0, 0.1) is 0 Å². The predicted molar refractivity (Wildman–Crippen MR) is 46.4 cm³/mol. The standard InChI is InChI=1S/C9H5F3N2O2/c10-9(11,12)8-13-7(14-16-8)5-3-1-2-4-6(5)15/h1-4,15H. The van der Waals surface area contributed by atoms with Crippen LogP contribution >= 0.6 is 0 Å². The molecular formula is C9H5F3N2O2. The van der Waals surface area contributed by atoms with Gasteiger partial charge in [0.2, 0.25) is 5.82 Å². The third-order valence-electron chi connectivity index (χ3n) is 1.81. The summed E-state index contributed by atoms with van der Waals surface area (Å²) in [7, 11) is 0. The number of phenolic OH excluding ortho intramolecular Hbond substituents is 1. The maximum atomic E-state index is 12.2. The summed E-state index contributed by atoms with van der Waals surface area (Å²) in [4.78, 5) is 3.15. The molecule has 0 unspecified atom stereocenters. The fourth-order valence-electron chi connectivity index (χ4n) is 1.11. The molecule has 0 aliphatic heterocycles. The normalized spacial score (nSPS) is 11.7. The number of hydrogen-bond acceptors (Lipinski definition) is 4. The van der Waals surface area contributed by atoms with Crippen molar-refractivity contribution in [1.82, 2.24) is 10.1 Å². The van der Waals surface area contributed by atoms with Crippen molar-refractivity contribution in [3.63, 3.8) is 0 Å². The number of phenols is 1. The summed E-state index contributed by atoms with van der Waals surface area (Å²) in [6.07, 6.45) is -4.68. The summed E-state index contributed by atoms with van der Waals surface area (Å²) in [5.41, 5.74) is 0.0850. The molecule has 0 fully saturated rings. The Morgan fingerprint density at radius 2 is 1.88 bits per heavy atom. The van der Waals surface area contributed by atoms with E-state index in [-0.39, 0.29) is 17.1 Å². The van der Waals surface area contributed by atoms with E-state index >= 15 is 0 Å². The Morgan fingerprint density at radius 1 is 1.19 bits per heavy atom. The number of rotatable bonds is 1. The maximum absolute atomic E-state index is 12.2. The van der Waals surface area contributed by atoms with Crippen LogP contribution in [-0.4, -0.2) is 15.2 Å². The first-order chi connectivity index (χ1) is 7.48. The molecule has 0 saturated carbocycles. The van der Waals surface area contributed by atoms with Gasteiger partial charge in [0.05, 0.1) is 5.56 Å². The molecule has 1 aromatic heterocycles. The molecular weight excluding hydrogens is 225 g/mol. The Bertz CT molecular complexity index is 507. The fourth-order valence-corrected chi connectivity index (χ4v) is 1.11. The van der Waals surface area contributed by atoms with E-state index in [9.17, 15) is 18.3 Å². The Hall–Kier alpha value is -2.05. The molecule has 16 heavy (non-hydrogen) atoms. The Morgan fingerprint density at radius 3 is 2.44 bits per heavy atom. The third-order valence-corrected chi connectivity index (χ3v) is 1.81. The zero-order valence-electron chi connectivity index (χ0n) is 7.69. The van der Waals surface area contributed by atoms with Gasteiger partial charge in [-0.15, -0.1) is 0 Å². The highest BCUT2D eigenvalue weighted by molar-refractivity contribution is 5.62. The van der Waals surface area contributed by atoms with Crippen LogP contribution in [0.3, 0.4) is 0 Å². The number of aromatic nitrogens is 2. The minimum absolute atomic E-state index is 0.0850. The minimum Gasteiger partial charge on any atom is -0.507 e. The van der Waals surface area contributed by atoms with Crippen molar-refractivity contribution < 1.29 is 22.8 Å². The van der Waals surface area contributed by atoms with Gasteiger partial charge in [-0.2, -0.15) is 18.2 Å². The van der Waals surface area contributed by atoms with Gasteiger partial charge in [-0.1, -0.05) is 17.3 Å². The van der Waals surface area contributed by atoms with Crippen LogP contribution in [0.25, 0.3) is 11.4 Å². The van der Waals surface area contributed by atoms with Crippen LogP contribution in [0.5, 0.6) is 5.75 Å². The molecule has 0 bridgehead atoms. The second-order valence-electron chi connectivity index (χ2n) is 2.94. The average Bonchev–Trinajstić information content (AvgIpc) is 2.66. The lowest BCUT2D eigenvalue weighted by molar-refractivity contribution is -0.159. The van der Waals surface area contributed by atoms with Gasteiger partial charge in [0.15, 0.2) is 0 Å². The smallest absolute Gasteiger partial charge is 0.471 e. The van der Waals surface area contributed by atoms with E-state index < -0.39 is 12.1 Å². The number of hydrogen-bond donors (Lipinski definition) is 1. The van der Waals surface area contributed by atoms with E-state index in [0.29, 0.717) is 0 Å². The molecule has 7 heteroatoms. The van der Waals surface area contributed by atoms with Crippen LogP contribution < -0.4 is 0 Å². The summed E-state index contributed by atoms with van der Waals surface area (Å²) < 4.78 is 40.5. The van der Waals surface area contributed by atoms with Crippen LogP contribution in [0.15, 0.2) is 28.8 Å². The molecule has 0 atom stereocenters. The SMILES string of the molecule is Oc1ccccc1-c1noc(C(F)(F)F)n1. The second-order valence-corrected chi connectivity index (χ2v) is 2.94. The van der Waals surface area contributed by atoms with Crippen LogP contribution in [0.4, 0.5) is 13.2 Å². The Balaban J connectivity index is 2.44. The number of aromatic hydroxyl groups is 1. The predicted octanol–water partition coefficient (Wildman–Crippen LogP) is 2.46. The van der Waals surface area contributed by atoms with Crippen molar-refractivity contribution >= 4 is 0 Å². The van der Waals surface area contributed by atoms with Crippen LogP contribution in [-0.2, 0) is 6.18 Å². The topological polar surface area (TPSA) is 59.2 Å². The first-order valence-corrected chi connectivity index (χ1v) is 4.18. The molecule has 1 N–H and O–H groups in total. The van der Waals surface area contributed by atoms with Crippen molar-refractivity contribution in [2.75, 3.05) is 0 Å². The minimum atomic E-state index is -4.68. The molecule has 84 valence electrons. The summed E-state index contributed by atoms with van der Waals surface area (Å²) in [5.74, 6) is -1.95. The highest BCUT2D eigenvalue weighted by Gasteiger charge is 2.38. The fraction of sp³-hybridized carbons (Fsp3) is 0.111. The zero-order chi connectivity index (χ0) is 11.8. The Labute approximate surface area is 87.3 Å². The van der Waals surface area contributed by atoms with Gasteiger partial charge >= 0.3 is 12.1 Å². The largest absolute Gasteiger partial charge is 0.507 e. The summed E-state index contributed by atoms with van der Waals surface area (Å²) in [5, 5.41) is 12.5. The van der Waals surface area contributed by atoms with Gasteiger partial charge in [-0.25, -0.2) is 0 Å². The first kappa shape index (κ1) is 10.5. The molecule has 1 heterocycles. The zero-order valence-corrected chi connectivity index (χ0v) is 7.69. The molecule has 0 saturated heterocycles. The lowest BCUT2D eigenvalue weighted by Crippen LogP contribution is -2.04. The van der Waals surface area contributed by atoms with E-state index in [4.69, 9.17) is 0 Å².